The first kappa shape index (κ1) is 17.0. The van der Waals surface area contributed by atoms with Crippen LogP contribution in [0.2, 0.25) is 0 Å². The standard InChI is InChI=1S/C14H12N6O3S2/c1-8-6-24-13(16-8)17-12(21)9-3-4-11(10(5-9)20(22)23)25-14-18-15-7-19(14)2/h3-7H,1-2H3,(H,16,17,21). The number of aromatic nitrogens is 4. The summed E-state index contributed by atoms with van der Waals surface area (Å²) < 4.78 is 1.65. The van der Waals surface area contributed by atoms with Crippen LogP contribution in [0.1, 0.15) is 16.1 Å². The van der Waals surface area contributed by atoms with Gasteiger partial charge in [-0.05, 0) is 30.8 Å². The average molecular weight is 376 g/mol. The minimum atomic E-state index is -0.525. The number of nitrogens with zero attached hydrogens (tertiary/aromatic N) is 5. The lowest BCUT2D eigenvalue weighted by Crippen LogP contribution is -2.12. The lowest BCUT2D eigenvalue weighted by atomic mass is 10.2. The van der Waals surface area contributed by atoms with Gasteiger partial charge in [0.2, 0.25) is 0 Å². The number of anilines is 1. The molecule has 0 aliphatic rings. The Balaban J connectivity index is 1.87. The van der Waals surface area contributed by atoms with Crippen LogP contribution in [0, 0.1) is 17.0 Å². The molecule has 0 radical (unpaired) electrons. The van der Waals surface area contributed by atoms with Gasteiger partial charge in [-0.2, -0.15) is 0 Å². The Labute approximate surface area is 150 Å². The highest BCUT2D eigenvalue weighted by atomic mass is 32.2. The van der Waals surface area contributed by atoms with Gasteiger partial charge in [-0.25, -0.2) is 4.98 Å². The topological polar surface area (TPSA) is 116 Å². The number of thiazole rings is 1. The molecule has 0 saturated carbocycles. The van der Waals surface area contributed by atoms with Crippen LogP contribution in [0.3, 0.4) is 0 Å². The van der Waals surface area contributed by atoms with E-state index in [0.29, 0.717) is 15.2 Å². The molecule has 0 aliphatic carbocycles. The van der Waals surface area contributed by atoms with Crippen LogP contribution in [-0.4, -0.2) is 30.6 Å². The summed E-state index contributed by atoms with van der Waals surface area (Å²) in [6.45, 7) is 1.81. The summed E-state index contributed by atoms with van der Waals surface area (Å²) in [5.74, 6) is -0.451. The molecule has 1 N–H and O–H groups in total. The summed E-state index contributed by atoms with van der Waals surface area (Å²) >= 11 is 2.40. The number of rotatable bonds is 5. The Bertz CT molecular complexity index is 952. The van der Waals surface area contributed by atoms with Gasteiger partial charge in [-0.3, -0.25) is 20.2 Å². The van der Waals surface area contributed by atoms with Gasteiger partial charge in [0.05, 0.1) is 15.5 Å². The van der Waals surface area contributed by atoms with Crippen molar-refractivity contribution < 1.29 is 9.72 Å². The van der Waals surface area contributed by atoms with Gasteiger partial charge >= 0.3 is 0 Å². The smallest absolute Gasteiger partial charge is 0.284 e. The van der Waals surface area contributed by atoms with Gasteiger partial charge in [0.25, 0.3) is 11.6 Å². The summed E-state index contributed by atoms with van der Waals surface area (Å²) in [6.07, 6.45) is 1.51. The van der Waals surface area contributed by atoms with Crippen LogP contribution < -0.4 is 5.32 Å². The Hall–Kier alpha value is -2.79. The maximum absolute atomic E-state index is 12.3. The highest BCUT2D eigenvalue weighted by Gasteiger charge is 2.20. The first-order chi connectivity index (χ1) is 11.9. The van der Waals surface area contributed by atoms with E-state index in [9.17, 15) is 14.9 Å². The van der Waals surface area contributed by atoms with Crippen molar-refractivity contribution in [1.82, 2.24) is 19.7 Å². The molecule has 11 heteroatoms. The van der Waals surface area contributed by atoms with Crippen molar-refractivity contribution in [2.24, 2.45) is 7.05 Å². The van der Waals surface area contributed by atoms with Gasteiger partial charge in [0, 0.05) is 24.1 Å². The van der Waals surface area contributed by atoms with Crippen LogP contribution in [0.15, 0.2) is 40.0 Å². The third-order valence-electron chi connectivity index (χ3n) is 3.13. The molecule has 0 saturated heterocycles. The Morgan fingerprint density at radius 1 is 1.44 bits per heavy atom. The fourth-order valence-electron chi connectivity index (χ4n) is 1.93. The number of amides is 1. The molecular weight excluding hydrogens is 364 g/mol. The molecule has 0 unspecified atom stereocenters. The number of hydrogen-bond donors (Lipinski definition) is 1. The van der Waals surface area contributed by atoms with E-state index in [2.05, 4.69) is 20.5 Å². The zero-order chi connectivity index (χ0) is 18.0. The maximum atomic E-state index is 12.3. The second kappa shape index (κ2) is 6.99. The van der Waals surface area contributed by atoms with Crippen molar-refractivity contribution in [2.45, 2.75) is 17.0 Å². The number of nitrogens with one attached hydrogen (secondary N) is 1. The minimum Gasteiger partial charge on any atom is -0.311 e. The molecule has 0 bridgehead atoms. The van der Waals surface area contributed by atoms with Crippen molar-refractivity contribution in [3.05, 3.63) is 51.3 Å². The van der Waals surface area contributed by atoms with E-state index in [0.717, 1.165) is 17.5 Å². The van der Waals surface area contributed by atoms with Crippen molar-refractivity contribution in [3.63, 3.8) is 0 Å². The zero-order valence-electron chi connectivity index (χ0n) is 13.2. The maximum Gasteiger partial charge on any atom is 0.284 e. The second-order valence-electron chi connectivity index (χ2n) is 5.01. The Morgan fingerprint density at radius 2 is 2.24 bits per heavy atom. The van der Waals surface area contributed by atoms with E-state index in [1.165, 1.54) is 35.9 Å². The number of carbonyl (C=O) groups is 1. The molecule has 0 aliphatic heterocycles. The molecule has 3 rings (SSSR count). The van der Waals surface area contributed by atoms with Gasteiger partial charge < -0.3 is 4.57 Å². The summed E-state index contributed by atoms with van der Waals surface area (Å²) in [5.41, 5.74) is 0.805. The predicted octanol–water partition coefficient (Wildman–Crippen LogP) is 2.89. The molecule has 0 atom stereocenters. The van der Waals surface area contributed by atoms with Gasteiger partial charge in [0.1, 0.15) is 6.33 Å². The van der Waals surface area contributed by atoms with Crippen molar-refractivity contribution in [2.75, 3.05) is 5.32 Å². The Morgan fingerprint density at radius 3 is 2.84 bits per heavy atom. The number of aryl methyl sites for hydroxylation is 2. The van der Waals surface area contributed by atoms with E-state index >= 15 is 0 Å². The van der Waals surface area contributed by atoms with Gasteiger partial charge in [-0.15, -0.1) is 21.5 Å². The highest BCUT2D eigenvalue weighted by Crippen LogP contribution is 2.34. The summed E-state index contributed by atoms with van der Waals surface area (Å²) in [5, 5.41) is 24.4. The van der Waals surface area contributed by atoms with Crippen LogP contribution in [-0.2, 0) is 7.05 Å². The molecule has 9 nitrogen and oxygen atoms in total. The van der Waals surface area contributed by atoms with Crippen LogP contribution in [0.4, 0.5) is 10.8 Å². The first-order valence-electron chi connectivity index (χ1n) is 6.98. The number of benzene rings is 1. The normalized spacial score (nSPS) is 10.6. The quantitative estimate of drug-likeness (QED) is 0.537. The molecule has 3 aromatic rings. The van der Waals surface area contributed by atoms with Crippen molar-refractivity contribution in [3.8, 4) is 0 Å². The molecule has 2 heterocycles. The fraction of sp³-hybridized carbons (Fsp3) is 0.143. The lowest BCUT2D eigenvalue weighted by Gasteiger charge is -2.05. The van der Waals surface area contributed by atoms with E-state index in [1.807, 2.05) is 6.92 Å². The monoisotopic (exact) mass is 376 g/mol. The van der Waals surface area contributed by atoms with Gasteiger partial charge in [-0.1, -0.05) is 0 Å². The molecule has 1 amide bonds. The largest absolute Gasteiger partial charge is 0.311 e. The third-order valence-corrected chi connectivity index (χ3v) is 5.12. The van der Waals surface area contributed by atoms with E-state index in [4.69, 9.17) is 0 Å². The van der Waals surface area contributed by atoms with Gasteiger partial charge in [0.15, 0.2) is 10.3 Å². The molecule has 1 aromatic carbocycles. The summed E-state index contributed by atoms with van der Waals surface area (Å²) in [4.78, 5) is 27.7. The summed E-state index contributed by atoms with van der Waals surface area (Å²) in [7, 11) is 1.74. The van der Waals surface area contributed by atoms with E-state index in [1.54, 1.807) is 17.0 Å². The molecule has 2 aromatic heterocycles. The number of nitro benzene ring substituents is 1. The van der Waals surface area contributed by atoms with Crippen LogP contribution >= 0.6 is 23.1 Å². The highest BCUT2D eigenvalue weighted by molar-refractivity contribution is 7.99. The number of carbonyl (C=O) groups excluding carboxylic acids is 1. The second-order valence-corrected chi connectivity index (χ2v) is 6.88. The number of nitro groups is 1. The molecular formula is C14H12N6O3S2. The Kier molecular flexibility index (Phi) is 4.76. The molecule has 0 fully saturated rings. The van der Waals surface area contributed by atoms with Crippen LogP contribution in [0.25, 0.3) is 0 Å². The molecule has 128 valence electrons. The van der Waals surface area contributed by atoms with E-state index < -0.39 is 10.8 Å². The molecule has 25 heavy (non-hydrogen) atoms. The number of hydrogen-bond acceptors (Lipinski definition) is 8. The SMILES string of the molecule is Cc1csc(NC(=O)c2ccc(Sc3nncn3C)c([N+](=O)[O-])c2)n1. The lowest BCUT2D eigenvalue weighted by molar-refractivity contribution is -0.387. The zero-order valence-corrected chi connectivity index (χ0v) is 14.8. The fourth-order valence-corrected chi connectivity index (χ4v) is 3.46. The third kappa shape index (κ3) is 3.83. The van der Waals surface area contributed by atoms with Crippen molar-refractivity contribution in [1.29, 1.82) is 0 Å². The summed E-state index contributed by atoms with van der Waals surface area (Å²) in [6, 6.07) is 4.30. The van der Waals surface area contributed by atoms with Crippen LogP contribution in [0.5, 0.6) is 0 Å². The average Bonchev–Trinajstić information content (AvgIpc) is 3.16. The van der Waals surface area contributed by atoms with E-state index in [-0.39, 0.29) is 11.3 Å². The minimum absolute atomic E-state index is 0.170. The van der Waals surface area contributed by atoms with Crippen molar-refractivity contribution >= 4 is 39.8 Å². The first-order valence-corrected chi connectivity index (χ1v) is 8.67. The molecule has 0 spiro atoms. The predicted molar refractivity (Wildman–Crippen MR) is 93.0 cm³/mol.